The highest BCUT2D eigenvalue weighted by molar-refractivity contribution is 7.90. The molecule has 2 aromatic rings. The van der Waals surface area contributed by atoms with E-state index < -0.39 is 26.8 Å². The quantitative estimate of drug-likeness (QED) is 0.299. The van der Waals surface area contributed by atoms with Gasteiger partial charge >= 0.3 is 0 Å². The van der Waals surface area contributed by atoms with Crippen LogP contribution in [-0.4, -0.2) is 114 Å². The van der Waals surface area contributed by atoms with Crippen LogP contribution in [0.1, 0.15) is 68.3 Å². The Morgan fingerprint density at radius 3 is 2.72 bits per heavy atom. The van der Waals surface area contributed by atoms with Crippen LogP contribution in [0.5, 0.6) is 5.75 Å². The number of anilines is 1. The summed E-state index contributed by atoms with van der Waals surface area (Å²) in [5, 5.41) is -0.166. The van der Waals surface area contributed by atoms with Gasteiger partial charge in [-0.3, -0.25) is 14.6 Å². The molecule has 8 rings (SSSR count). The van der Waals surface area contributed by atoms with E-state index in [1.54, 1.807) is 6.07 Å². The van der Waals surface area contributed by atoms with Gasteiger partial charge in [-0.15, -0.1) is 0 Å². The first kappa shape index (κ1) is 43.2. The molecule has 6 aliphatic rings. The smallest absolute Gasteiger partial charge is 0.264 e. The number of piperazine rings is 1. The molecule has 2 aromatic carbocycles. The molecule has 1 spiro atoms. The van der Waals surface area contributed by atoms with E-state index in [-0.39, 0.29) is 35.2 Å². The van der Waals surface area contributed by atoms with Gasteiger partial charge < -0.3 is 19.1 Å². The average molecular weight is 860 g/mol. The zero-order chi connectivity index (χ0) is 42.1. The van der Waals surface area contributed by atoms with Crippen LogP contribution in [0.25, 0.3) is 0 Å². The summed E-state index contributed by atoms with van der Waals surface area (Å²) in [6.07, 6.45) is 14.0. The molecule has 2 saturated carbocycles. The Morgan fingerprint density at radius 2 is 1.95 bits per heavy atom. The molecule has 1 N–H and O–H groups in total. The number of rotatable bonds is 6. The third kappa shape index (κ3) is 8.90. The second kappa shape index (κ2) is 18.1. The first-order valence-corrected chi connectivity index (χ1v) is 24.0. The number of hydrogen-bond donors (Lipinski definition) is 1. The maximum absolute atomic E-state index is 14.4. The van der Waals surface area contributed by atoms with Crippen LogP contribution in [0.15, 0.2) is 95.6 Å². The van der Waals surface area contributed by atoms with Gasteiger partial charge in [0.1, 0.15) is 11.4 Å². The summed E-state index contributed by atoms with van der Waals surface area (Å²) in [5.74, 6) is 0.239. The van der Waals surface area contributed by atoms with Crippen LogP contribution in [0.3, 0.4) is 0 Å². The number of fused-ring (bicyclic) bond motifs is 3. The lowest BCUT2D eigenvalue weighted by Gasteiger charge is -2.53. The second-order valence-corrected chi connectivity index (χ2v) is 20.6. The number of amides is 1. The largest absolute Gasteiger partial charge is 0.490 e. The van der Waals surface area contributed by atoms with Crippen molar-refractivity contribution >= 4 is 33.2 Å². The predicted octanol–water partition coefficient (Wildman–Crippen LogP) is 7.38. The van der Waals surface area contributed by atoms with Gasteiger partial charge in [-0.2, -0.15) is 0 Å². The van der Waals surface area contributed by atoms with E-state index in [2.05, 4.69) is 31.6 Å². The molecular weight excluding hydrogens is 796 g/mol. The van der Waals surface area contributed by atoms with Gasteiger partial charge in [-0.05, 0) is 111 Å². The van der Waals surface area contributed by atoms with Crippen molar-refractivity contribution in [3.8, 4) is 5.75 Å². The third-order valence-corrected chi connectivity index (χ3v) is 16.8. The highest BCUT2D eigenvalue weighted by Crippen LogP contribution is 2.51. The van der Waals surface area contributed by atoms with Gasteiger partial charge in [0, 0.05) is 75.0 Å². The summed E-state index contributed by atoms with van der Waals surface area (Å²) >= 11 is 6.58. The van der Waals surface area contributed by atoms with Crippen molar-refractivity contribution in [2.75, 3.05) is 77.6 Å². The Kier molecular flexibility index (Phi) is 13.0. The number of benzene rings is 2. The van der Waals surface area contributed by atoms with Crippen LogP contribution in [0.4, 0.5) is 5.69 Å². The average Bonchev–Trinajstić information content (AvgIpc) is 3.39. The molecule has 4 aliphatic heterocycles. The van der Waals surface area contributed by atoms with Gasteiger partial charge in [-0.25, -0.2) is 13.1 Å². The lowest BCUT2D eigenvalue weighted by molar-refractivity contribution is -0.108. The molecule has 0 unspecified atom stereocenters. The van der Waals surface area contributed by atoms with Crippen LogP contribution in [0, 0.1) is 23.2 Å². The minimum Gasteiger partial charge on any atom is -0.490 e. The molecule has 60 heavy (non-hydrogen) atoms. The standard InChI is InChI=1S/C48H63ClN4O6S/c1-5-40(49)26-37-14-10-19-47(35(37)3)31-53-28-39-15-17-42(39)48(57-4,32-51-21-22-52-23-24-58-30-41(52)29-51)20-9-11-34(2)45(25-36-12-7-6-8-13-36)60(55,56)50-46(54)38-16-18-44(59-33-47)43(53)27-38/h5-9,12-13,16,18,20,26-27,34,39,41-42,45H,3,10-11,14-15,17,19,21-25,28-33H2,1-2,4H3,(H,50,54)/b20-9+,37-26-,40-5+/t34-,39-,41-,42+,45+,47-,48-/m0/s1. The Hall–Kier alpha value is -3.45. The summed E-state index contributed by atoms with van der Waals surface area (Å²) < 4.78 is 50.9. The molecule has 12 heteroatoms. The molecule has 2 bridgehead atoms. The van der Waals surface area contributed by atoms with Crippen molar-refractivity contribution in [1.29, 1.82) is 0 Å². The monoisotopic (exact) mass is 858 g/mol. The van der Waals surface area contributed by atoms with Gasteiger partial charge in [0.2, 0.25) is 10.0 Å². The first-order chi connectivity index (χ1) is 28.9. The molecule has 2 aliphatic carbocycles. The number of nitrogens with one attached hydrogen (secondary N) is 1. The molecule has 324 valence electrons. The molecule has 0 aromatic heterocycles. The lowest BCUT2D eigenvalue weighted by Crippen LogP contribution is -2.62. The summed E-state index contributed by atoms with van der Waals surface area (Å²) in [7, 11) is -2.28. The summed E-state index contributed by atoms with van der Waals surface area (Å²) in [4.78, 5) is 21.6. The Morgan fingerprint density at radius 1 is 1.12 bits per heavy atom. The van der Waals surface area contributed by atoms with Crippen LogP contribution in [-0.2, 0) is 25.9 Å². The fourth-order valence-electron chi connectivity index (χ4n) is 10.9. The van der Waals surface area contributed by atoms with Crippen molar-refractivity contribution in [3.05, 3.63) is 107 Å². The van der Waals surface area contributed by atoms with E-state index in [0.29, 0.717) is 36.4 Å². The number of ether oxygens (including phenoxy) is 3. The number of hydrogen-bond acceptors (Lipinski definition) is 9. The fourth-order valence-corrected chi connectivity index (χ4v) is 12.7. The van der Waals surface area contributed by atoms with E-state index in [1.165, 1.54) is 0 Å². The number of allylic oxidation sites excluding steroid dienone is 5. The van der Waals surface area contributed by atoms with Crippen LogP contribution >= 0.6 is 11.6 Å². The van der Waals surface area contributed by atoms with E-state index in [0.717, 1.165) is 107 Å². The van der Waals surface area contributed by atoms with Gasteiger partial charge in [0.25, 0.3) is 5.91 Å². The molecule has 2 saturated heterocycles. The minimum absolute atomic E-state index is 0.208. The number of morpholine rings is 1. The lowest BCUT2D eigenvalue weighted by atomic mass is 9.63. The van der Waals surface area contributed by atoms with Crippen LogP contribution < -0.4 is 14.4 Å². The Balaban J connectivity index is 1.20. The number of methoxy groups -OCH3 is 1. The molecule has 0 radical (unpaired) electrons. The zero-order valence-electron chi connectivity index (χ0n) is 35.6. The molecular formula is C48H63ClN4O6S. The van der Waals surface area contributed by atoms with E-state index in [4.69, 9.17) is 32.4 Å². The van der Waals surface area contributed by atoms with Crippen molar-refractivity contribution in [2.45, 2.75) is 75.7 Å². The van der Waals surface area contributed by atoms with E-state index in [1.807, 2.05) is 75.6 Å². The molecule has 4 heterocycles. The second-order valence-electron chi connectivity index (χ2n) is 18.2. The Labute approximate surface area is 362 Å². The van der Waals surface area contributed by atoms with Gasteiger partial charge in [0.15, 0.2) is 0 Å². The van der Waals surface area contributed by atoms with Crippen molar-refractivity contribution in [2.24, 2.45) is 23.2 Å². The molecule has 4 fully saturated rings. The molecule has 7 atom stereocenters. The number of halogens is 1. The van der Waals surface area contributed by atoms with Crippen LogP contribution in [0.2, 0.25) is 0 Å². The number of carbonyl (C=O) groups excluding carboxylic acids is 1. The van der Waals surface area contributed by atoms with E-state index >= 15 is 0 Å². The number of carbonyl (C=O) groups is 1. The maximum atomic E-state index is 14.4. The van der Waals surface area contributed by atoms with Crippen molar-refractivity contribution in [1.82, 2.24) is 14.5 Å². The highest BCUT2D eigenvalue weighted by atomic mass is 35.5. The summed E-state index contributed by atoms with van der Waals surface area (Å²) in [6.45, 7) is 16.6. The zero-order valence-corrected chi connectivity index (χ0v) is 37.2. The minimum atomic E-state index is -4.13. The predicted molar refractivity (Wildman–Crippen MR) is 239 cm³/mol. The van der Waals surface area contributed by atoms with Crippen molar-refractivity contribution < 1.29 is 27.4 Å². The Bertz CT molecular complexity index is 2110. The highest BCUT2D eigenvalue weighted by Gasteiger charge is 2.50. The molecule has 10 nitrogen and oxygen atoms in total. The number of nitrogens with zero attached hydrogens (tertiary/aromatic N) is 3. The maximum Gasteiger partial charge on any atom is 0.264 e. The first-order valence-electron chi connectivity index (χ1n) is 22.0. The van der Waals surface area contributed by atoms with Gasteiger partial charge in [0.05, 0.1) is 30.8 Å². The molecule has 1 amide bonds. The van der Waals surface area contributed by atoms with E-state index in [9.17, 15) is 13.2 Å². The normalized spacial score (nSPS) is 34.1. The van der Waals surface area contributed by atoms with Crippen molar-refractivity contribution in [3.63, 3.8) is 0 Å². The SMILES string of the molecule is C=C1/C(=C\C(Cl)=C/C)CCC[C@]12COc1ccc3cc1N(C[C@@H]1CC[C@H]1[C@](CN1CCN4CCOC[C@@H]4C1)(OC)/C=C/C[C@H](C)[C@@H](Cc1ccccc1)S(=O)(=O)NC3=O)C2. The summed E-state index contributed by atoms with van der Waals surface area (Å²) in [6, 6.07) is 15.4. The topological polar surface area (TPSA) is 101 Å². The summed E-state index contributed by atoms with van der Waals surface area (Å²) in [5.41, 5.74) is 3.18. The van der Waals surface area contributed by atoms with Gasteiger partial charge in [-0.1, -0.05) is 73.7 Å². The fraction of sp³-hybridized carbons (Fsp3) is 0.562. The third-order valence-electron chi connectivity index (χ3n) is 14.6. The number of sulfonamides is 1.